The second-order valence-electron chi connectivity index (χ2n) is 7.34. The lowest BCUT2D eigenvalue weighted by molar-refractivity contribution is -0.0108. The van der Waals surface area contributed by atoms with Gasteiger partial charge in [-0.3, -0.25) is 4.90 Å². The van der Waals surface area contributed by atoms with Crippen molar-refractivity contribution >= 4 is 5.69 Å². The Morgan fingerprint density at radius 1 is 0.800 bits per heavy atom. The van der Waals surface area contributed by atoms with Gasteiger partial charge in [-0.2, -0.15) is 0 Å². The lowest BCUT2D eigenvalue weighted by Gasteiger charge is -2.29. The molecule has 25 heavy (non-hydrogen) atoms. The van der Waals surface area contributed by atoms with E-state index in [-0.39, 0.29) is 0 Å². The van der Waals surface area contributed by atoms with Crippen LogP contribution in [-0.2, 0) is 20.6 Å². The van der Waals surface area contributed by atoms with E-state index in [4.69, 9.17) is 14.2 Å². The molecule has 0 amide bonds. The molecular weight excluding hydrogens is 316 g/mol. The highest BCUT2D eigenvalue weighted by atomic mass is 16.5. The molecule has 2 atom stereocenters. The molecule has 5 heteroatoms. The first-order chi connectivity index (χ1) is 12.4. The third-order valence-electron chi connectivity index (χ3n) is 5.54. The summed E-state index contributed by atoms with van der Waals surface area (Å²) < 4.78 is 17.2. The van der Waals surface area contributed by atoms with Crippen LogP contribution < -0.4 is 4.90 Å². The van der Waals surface area contributed by atoms with Gasteiger partial charge >= 0.3 is 0 Å². The van der Waals surface area contributed by atoms with Crippen molar-refractivity contribution in [2.24, 2.45) is 0 Å². The second kappa shape index (κ2) is 8.49. The van der Waals surface area contributed by atoms with Crippen molar-refractivity contribution in [3.63, 3.8) is 0 Å². The van der Waals surface area contributed by atoms with E-state index >= 15 is 0 Å². The summed E-state index contributed by atoms with van der Waals surface area (Å²) in [6, 6.07) is 9.04. The molecule has 0 unspecified atom stereocenters. The zero-order valence-electron chi connectivity index (χ0n) is 15.1. The molecule has 0 aliphatic carbocycles. The van der Waals surface area contributed by atoms with Crippen LogP contribution in [0.2, 0.25) is 0 Å². The first-order valence-electron chi connectivity index (χ1n) is 9.74. The molecule has 138 valence electrons. The maximum absolute atomic E-state index is 6.31. The van der Waals surface area contributed by atoms with E-state index in [1.807, 2.05) is 0 Å². The van der Waals surface area contributed by atoms with Crippen LogP contribution in [-0.4, -0.2) is 76.3 Å². The van der Waals surface area contributed by atoms with Crippen LogP contribution in [0, 0.1) is 0 Å². The van der Waals surface area contributed by atoms with Crippen LogP contribution >= 0.6 is 0 Å². The summed E-state index contributed by atoms with van der Waals surface area (Å²) in [5.41, 5.74) is 2.69. The van der Waals surface area contributed by atoms with E-state index < -0.39 is 0 Å². The molecule has 0 aromatic heterocycles. The minimum absolute atomic E-state index is 0.375. The number of nitrogens with zero attached hydrogens (tertiary/aromatic N) is 2. The Balaban J connectivity index is 1.25. The van der Waals surface area contributed by atoms with Crippen molar-refractivity contribution in [3.8, 4) is 0 Å². The summed E-state index contributed by atoms with van der Waals surface area (Å²) in [6.45, 7) is 8.56. The highest BCUT2D eigenvalue weighted by molar-refractivity contribution is 5.48. The Morgan fingerprint density at radius 3 is 2.16 bits per heavy atom. The van der Waals surface area contributed by atoms with Gasteiger partial charge in [-0.25, -0.2) is 0 Å². The van der Waals surface area contributed by atoms with E-state index in [2.05, 4.69) is 34.1 Å². The molecule has 0 bridgehead atoms. The fraction of sp³-hybridized carbons (Fsp3) is 0.700. The SMILES string of the molecule is c1cc(N2CCOCC2)ccc1C[C@@H]1CC[C@H](CN2CCOCC2)O1. The zero-order valence-corrected chi connectivity index (χ0v) is 15.1. The molecule has 0 spiro atoms. The molecule has 3 heterocycles. The normalized spacial score (nSPS) is 28.4. The average Bonchev–Trinajstić information content (AvgIpc) is 3.11. The van der Waals surface area contributed by atoms with Crippen LogP contribution in [0.4, 0.5) is 5.69 Å². The van der Waals surface area contributed by atoms with Gasteiger partial charge < -0.3 is 19.1 Å². The first-order valence-corrected chi connectivity index (χ1v) is 9.74. The molecular formula is C20H30N2O3. The van der Waals surface area contributed by atoms with E-state index in [0.29, 0.717) is 12.2 Å². The molecule has 0 N–H and O–H groups in total. The average molecular weight is 346 g/mol. The fourth-order valence-electron chi connectivity index (χ4n) is 4.06. The maximum atomic E-state index is 6.31. The van der Waals surface area contributed by atoms with Gasteiger partial charge in [0.15, 0.2) is 0 Å². The number of hydrogen-bond acceptors (Lipinski definition) is 5. The summed E-state index contributed by atoms with van der Waals surface area (Å²) in [6.07, 6.45) is 4.17. The van der Waals surface area contributed by atoms with Crippen molar-refractivity contribution in [3.05, 3.63) is 29.8 Å². The second-order valence-corrected chi connectivity index (χ2v) is 7.34. The van der Waals surface area contributed by atoms with Gasteiger partial charge in [0.2, 0.25) is 0 Å². The molecule has 5 nitrogen and oxygen atoms in total. The standard InChI is InChI=1S/C20H30N2O3/c1-3-18(22-9-13-24-14-10-22)4-2-17(1)15-19-5-6-20(25-19)16-21-7-11-23-12-8-21/h1-4,19-20H,5-16H2/t19-,20+/m0/s1. The molecule has 4 rings (SSSR count). The topological polar surface area (TPSA) is 34.2 Å². The molecule has 3 aliphatic heterocycles. The smallest absolute Gasteiger partial charge is 0.0706 e. The van der Waals surface area contributed by atoms with Gasteiger partial charge in [0.05, 0.1) is 38.6 Å². The summed E-state index contributed by atoms with van der Waals surface area (Å²) in [4.78, 5) is 4.88. The van der Waals surface area contributed by atoms with Crippen molar-refractivity contribution in [2.45, 2.75) is 31.5 Å². The van der Waals surface area contributed by atoms with Crippen molar-refractivity contribution in [1.82, 2.24) is 4.90 Å². The number of hydrogen-bond donors (Lipinski definition) is 0. The third kappa shape index (κ3) is 4.73. The quantitative estimate of drug-likeness (QED) is 0.814. The number of morpholine rings is 2. The van der Waals surface area contributed by atoms with Gasteiger partial charge in [0, 0.05) is 38.4 Å². The monoisotopic (exact) mass is 346 g/mol. The Morgan fingerprint density at radius 2 is 1.44 bits per heavy atom. The summed E-state index contributed by atoms with van der Waals surface area (Å²) in [7, 11) is 0. The van der Waals surface area contributed by atoms with E-state index in [1.54, 1.807) is 0 Å². The van der Waals surface area contributed by atoms with Crippen LogP contribution in [0.15, 0.2) is 24.3 Å². The van der Waals surface area contributed by atoms with Crippen LogP contribution in [0.1, 0.15) is 18.4 Å². The van der Waals surface area contributed by atoms with Crippen molar-refractivity contribution in [1.29, 1.82) is 0 Å². The van der Waals surface area contributed by atoms with Gasteiger partial charge in [-0.05, 0) is 37.0 Å². The maximum Gasteiger partial charge on any atom is 0.0706 e. The fourth-order valence-corrected chi connectivity index (χ4v) is 4.06. The van der Waals surface area contributed by atoms with Gasteiger partial charge in [0.25, 0.3) is 0 Å². The van der Waals surface area contributed by atoms with Gasteiger partial charge in [0.1, 0.15) is 0 Å². The third-order valence-corrected chi connectivity index (χ3v) is 5.54. The number of anilines is 1. The molecule has 1 aromatic rings. The van der Waals surface area contributed by atoms with E-state index in [9.17, 15) is 0 Å². The number of rotatable bonds is 5. The summed E-state index contributed by atoms with van der Waals surface area (Å²) in [5, 5.41) is 0. The Hall–Kier alpha value is -1.14. The predicted molar refractivity (Wildman–Crippen MR) is 98.3 cm³/mol. The van der Waals surface area contributed by atoms with E-state index in [0.717, 1.165) is 65.6 Å². The van der Waals surface area contributed by atoms with Gasteiger partial charge in [-0.15, -0.1) is 0 Å². The summed E-state index contributed by atoms with van der Waals surface area (Å²) >= 11 is 0. The molecule has 3 saturated heterocycles. The molecule has 1 aromatic carbocycles. The Bertz CT molecular complexity index is 524. The molecule has 0 radical (unpaired) electrons. The Labute approximate surface area is 150 Å². The highest BCUT2D eigenvalue weighted by Crippen LogP contribution is 2.25. The zero-order chi connectivity index (χ0) is 16.9. The Kier molecular flexibility index (Phi) is 5.87. The van der Waals surface area contributed by atoms with Crippen LogP contribution in [0.3, 0.4) is 0 Å². The minimum atomic E-state index is 0.375. The largest absolute Gasteiger partial charge is 0.379 e. The highest BCUT2D eigenvalue weighted by Gasteiger charge is 2.27. The minimum Gasteiger partial charge on any atom is -0.379 e. The van der Waals surface area contributed by atoms with Crippen LogP contribution in [0.25, 0.3) is 0 Å². The van der Waals surface area contributed by atoms with Gasteiger partial charge in [-0.1, -0.05) is 12.1 Å². The lowest BCUT2D eigenvalue weighted by Crippen LogP contribution is -2.41. The molecule has 3 fully saturated rings. The summed E-state index contributed by atoms with van der Waals surface area (Å²) in [5.74, 6) is 0. The van der Waals surface area contributed by atoms with Crippen molar-refractivity contribution in [2.75, 3.05) is 64.1 Å². The lowest BCUT2D eigenvalue weighted by atomic mass is 10.0. The van der Waals surface area contributed by atoms with Crippen molar-refractivity contribution < 1.29 is 14.2 Å². The molecule has 3 aliphatic rings. The van der Waals surface area contributed by atoms with Crippen LogP contribution in [0.5, 0.6) is 0 Å². The van der Waals surface area contributed by atoms with E-state index in [1.165, 1.54) is 24.1 Å². The number of benzene rings is 1. The first kappa shape index (κ1) is 17.3. The number of ether oxygens (including phenoxy) is 3. The molecule has 0 saturated carbocycles. The predicted octanol–water partition coefficient (Wildman–Crippen LogP) is 1.95.